The molecule has 0 saturated heterocycles. The van der Waals surface area contributed by atoms with Crippen LogP contribution in [-0.4, -0.2) is 31.1 Å². The van der Waals surface area contributed by atoms with Gasteiger partial charge in [0.05, 0.1) is 16.0 Å². The monoisotopic (exact) mass is 322 g/mol. The van der Waals surface area contributed by atoms with E-state index in [2.05, 4.69) is 4.72 Å². The number of nitro benzene ring substituents is 1. The van der Waals surface area contributed by atoms with Gasteiger partial charge in [-0.05, 0) is 18.9 Å². The Morgan fingerprint density at radius 3 is 2.65 bits per heavy atom. The van der Waals surface area contributed by atoms with Gasteiger partial charge in [-0.15, -0.1) is 0 Å². The van der Waals surface area contributed by atoms with Crippen molar-refractivity contribution in [3.8, 4) is 0 Å². The molecule has 2 N–H and O–H groups in total. The fourth-order valence-electron chi connectivity index (χ4n) is 1.46. The van der Waals surface area contributed by atoms with Gasteiger partial charge >= 0.3 is 0 Å². The standard InChI is InChI=1S/C11H15ClN2O5S/c1-2-9(15)5-6-13-20(18,19)11-4-3-8(14(16)17)7-10(11)12/h3-4,7,9,13,15H,2,5-6H2,1H3. The second-order valence-corrected chi connectivity index (χ2v) is 6.26. The highest BCUT2D eigenvalue weighted by Gasteiger charge is 2.20. The fraction of sp³-hybridized carbons (Fsp3) is 0.455. The van der Waals surface area contributed by atoms with Crippen molar-refractivity contribution in [2.75, 3.05) is 6.54 Å². The van der Waals surface area contributed by atoms with Crippen LogP contribution in [0.15, 0.2) is 23.1 Å². The summed E-state index contributed by atoms with van der Waals surface area (Å²) in [6, 6.07) is 3.14. The number of halogens is 1. The number of benzene rings is 1. The molecule has 0 fully saturated rings. The number of aliphatic hydroxyl groups excluding tert-OH is 1. The fourth-order valence-corrected chi connectivity index (χ4v) is 3.05. The van der Waals surface area contributed by atoms with E-state index < -0.39 is 21.1 Å². The van der Waals surface area contributed by atoms with Crippen LogP contribution < -0.4 is 4.72 Å². The van der Waals surface area contributed by atoms with Crippen molar-refractivity contribution in [3.05, 3.63) is 33.3 Å². The van der Waals surface area contributed by atoms with E-state index in [1.807, 2.05) is 0 Å². The van der Waals surface area contributed by atoms with Crippen LogP contribution in [0.3, 0.4) is 0 Å². The zero-order valence-corrected chi connectivity index (χ0v) is 12.3. The Morgan fingerprint density at radius 1 is 1.50 bits per heavy atom. The van der Waals surface area contributed by atoms with Gasteiger partial charge in [0.15, 0.2) is 0 Å². The van der Waals surface area contributed by atoms with Gasteiger partial charge in [-0.25, -0.2) is 13.1 Å². The Kier molecular flexibility index (Phi) is 5.88. The van der Waals surface area contributed by atoms with Gasteiger partial charge in [0.2, 0.25) is 10.0 Å². The Hall–Kier alpha value is -1.22. The molecule has 0 aliphatic carbocycles. The maximum Gasteiger partial charge on any atom is 0.271 e. The van der Waals surface area contributed by atoms with Crippen LogP contribution >= 0.6 is 11.6 Å². The number of nitrogens with one attached hydrogen (secondary N) is 1. The van der Waals surface area contributed by atoms with Gasteiger partial charge in [-0.1, -0.05) is 18.5 Å². The number of non-ortho nitro benzene ring substituents is 1. The molecule has 0 aliphatic heterocycles. The average molecular weight is 323 g/mol. The first kappa shape index (κ1) is 16.8. The highest BCUT2D eigenvalue weighted by molar-refractivity contribution is 7.89. The normalized spacial score (nSPS) is 13.2. The van der Waals surface area contributed by atoms with E-state index >= 15 is 0 Å². The second kappa shape index (κ2) is 6.98. The van der Waals surface area contributed by atoms with Crippen molar-refractivity contribution in [1.82, 2.24) is 4.72 Å². The Balaban J connectivity index is 2.85. The predicted octanol–water partition coefficient (Wildman–Crippen LogP) is 1.69. The zero-order valence-electron chi connectivity index (χ0n) is 10.7. The molecule has 1 rings (SSSR count). The second-order valence-electron chi connectivity index (χ2n) is 4.12. The Morgan fingerprint density at radius 2 is 2.15 bits per heavy atom. The SMILES string of the molecule is CCC(O)CCNS(=O)(=O)c1ccc([N+](=O)[O-])cc1Cl. The van der Waals surface area contributed by atoms with Crippen molar-refractivity contribution in [1.29, 1.82) is 0 Å². The first-order valence-corrected chi connectivity index (χ1v) is 7.75. The first-order chi connectivity index (χ1) is 9.27. The van der Waals surface area contributed by atoms with Crippen LogP contribution in [0.25, 0.3) is 0 Å². The number of aliphatic hydroxyl groups is 1. The summed E-state index contributed by atoms with van der Waals surface area (Å²) in [7, 11) is -3.85. The highest BCUT2D eigenvalue weighted by Crippen LogP contribution is 2.25. The van der Waals surface area contributed by atoms with Crippen molar-refractivity contribution in [2.45, 2.75) is 30.8 Å². The summed E-state index contributed by atoms with van der Waals surface area (Å²) < 4.78 is 26.2. The minimum absolute atomic E-state index is 0.0602. The predicted molar refractivity (Wildman–Crippen MR) is 74.2 cm³/mol. The molecule has 1 aromatic carbocycles. The van der Waals surface area contributed by atoms with Crippen LogP contribution in [0.4, 0.5) is 5.69 Å². The number of hydrogen-bond donors (Lipinski definition) is 2. The minimum Gasteiger partial charge on any atom is -0.393 e. The summed E-state index contributed by atoms with van der Waals surface area (Å²) in [5, 5.41) is 19.7. The molecule has 20 heavy (non-hydrogen) atoms. The van der Waals surface area contributed by atoms with Gasteiger partial charge in [0.25, 0.3) is 5.69 Å². The van der Waals surface area contributed by atoms with Gasteiger partial charge in [0.1, 0.15) is 4.90 Å². The molecule has 9 heteroatoms. The molecule has 0 radical (unpaired) electrons. The first-order valence-electron chi connectivity index (χ1n) is 5.89. The number of nitrogens with zero attached hydrogens (tertiary/aromatic N) is 1. The lowest BCUT2D eigenvalue weighted by molar-refractivity contribution is -0.384. The summed E-state index contributed by atoms with van der Waals surface area (Å²) in [5.74, 6) is 0. The van der Waals surface area contributed by atoms with Crippen molar-refractivity contribution >= 4 is 27.3 Å². The minimum atomic E-state index is -3.85. The van der Waals surface area contributed by atoms with E-state index in [1.54, 1.807) is 6.92 Å². The molecule has 0 spiro atoms. The van der Waals surface area contributed by atoms with E-state index in [-0.39, 0.29) is 28.6 Å². The van der Waals surface area contributed by atoms with E-state index in [4.69, 9.17) is 11.6 Å². The van der Waals surface area contributed by atoms with Gasteiger partial charge in [0, 0.05) is 18.7 Å². The van der Waals surface area contributed by atoms with Crippen molar-refractivity contribution in [2.24, 2.45) is 0 Å². The molecule has 1 unspecified atom stereocenters. The maximum atomic E-state index is 12.0. The lowest BCUT2D eigenvalue weighted by Crippen LogP contribution is -2.27. The van der Waals surface area contributed by atoms with Crippen molar-refractivity contribution < 1.29 is 18.4 Å². The highest BCUT2D eigenvalue weighted by atomic mass is 35.5. The maximum absolute atomic E-state index is 12.0. The number of rotatable bonds is 7. The number of nitro groups is 1. The lowest BCUT2D eigenvalue weighted by Gasteiger charge is -2.10. The molecular formula is C11H15ClN2O5S. The summed E-state index contributed by atoms with van der Waals surface area (Å²) >= 11 is 5.75. The van der Waals surface area contributed by atoms with Crippen LogP contribution in [0.2, 0.25) is 5.02 Å². The molecule has 112 valence electrons. The summed E-state index contributed by atoms with van der Waals surface area (Å²) in [6.45, 7) is 1.84. The third-order valence-corrected chi connectivity index (χ3v) is 4.60. The van der Waals surface area contributed by atoms with E-state index in [9.17, 15) is 23.6 Å². The topological polar surface area (TPSA) is 110 Å². The lowest BCUT2D eigenvalue weighted by atomic mass is 10.2. The molecule has 0 aromatic heterocycles. The molecule has 0 heterocycles. The molecule has 1 atom stereocenters. The average Bonchev–Trinajstić information content (AvgIpc) is 2.37. The van der Waals surface area contributed by atoms with E-state index in [0.29, 0.717) is 6.42 Å². The molecule has 0 bridgehead atoms. The number of hydrogen-bond acceptors (Lipinski definition) is 5. The Labute approximate surface area is 121 Å². The third kappa shape index (κ3) is 4.41. The van der Waals surface area contributed by atoms with Crippen LogP contribution in [-0.2, 0) is 10.0 Å². The molecule has 0 saturated carbocycles. The quantitative estimate of drug-likeness (QED) is 0.586. The van der Waals surface area contributed by atoms with Crippen molar-refractivity contribution in [3.63, 3.8) is 0 Å². The molecule has 1 aromatic rings. The summed E-state index contributed by atoms with van der Waals surface area (Å²) in [4.78, 5) is 9.66. The van der Waals surface area contributed by atoms with E-state index in [1.165, 1.54) is 0 Å². The van der Waals surface area contributed by atoms with Crippen LogP contribution in [0, 0.1) is 10.1 Å². The van der Waals surface area contributed by atoms with Crippen LogP contribution in [0.5, 0.6) is 0 Å². The summed E-state index contributed by atoms with van der Waals surface area (Å²) in [5.41, 5.74) is -0.282. The summed E-state index contributed by atoms with van der Waals surface area (Å²) in [6.07, 6.45) is 0.227. The Bertz CT molecular complexity index is 590. The third-order valence-electron chi connectivity index (χ3n) is 2.66. The van der Waals surface area contributed by atoms with E-state index in [0.717, 1.165) is 18.2 Å². The molecule has 7 nitrogen and oxygen atoms in total. The zero-order chi connectivity index (χ0) is 15.3. The van der Waals surface area contributed by atoms with Crippen LogP contribution in [0.1, 0.15) is 19.8 Å². The molecular weight excluding hydrogens is 308 g/mol. The van der Waals surface area contributed by atoms with Gasteiger partial charge < -0.3 is 5.11 Å². The number of sulfonamides is 1. The smallest absolute Gasteiger partial charge is 0.271 e. The largest absolute Gasteiger partial charge is 0.393 e. The van der Waals surface area contributed by atoms with Gasteiger partial charge in [-0.3, -0.25) is 10.1 Å². The molecule has 0 amide bonds. The van der Waals surface area contributed by atoms with Gasteiger partial charge in [-0.2, -0.15) is 0 Å². The molecule has 0 aliphatic rings.